The first-order valence-electron chi connectivity index (χ1n) is 7.02. The standard InChI is InChI=1S/C17H16N2O2S/c1-10-9-22-17(19-10)14(8-18)5-13-7-16-12(4-11(2)21-16)6-15(13)20-3/h5-7,9,11H,4H2,1-3H3/b14-5-. The quantitative estimate of drug-likeness (QED) is 0.808. The largest absolute Gasteiger partial charge is 0.496 e. The van der Waals surface area contributed by atoms with Gasteiger partial charge >= 0.3 is 0 Å². The molecule has 0 amide bonds. The predicted molar refractivity (Wildman–Crippen MR) is 87.1 cm³/mol. The van der Waals surface area contributed by atoms with Crippen molar-refractivity contribution in [3.05, 3.63) is 39.3 Å². The summed E-state index contributed by atoms with van der Waals surface area (Å²) in [6, 6.07) is 6.15. The number of rotatable bonds is 3. The topological polar surface area (TPSA) is 55.1 Å². The van der Waals surface area contributed by atoms with Crippen LogP contribution >= 0.6 is 11.3 Å². The van der Waals surface area contributed by atoms with Crippen LogP contribution in [0.25, 0.3) is 11.6 Å². The molecular weight excluding hydrogens is 296 g/mol. The van der Waals surface area contributed by atoms with E-state index in [9.17, 15) is 5.26 Å². The molecule has 0 N–H and O–H groups in total. The molecule has 0 spiro atoms. The van der Waals surface area contributed by atoms with E-state index in [1.807, 2.05) is 37.4 Å². The number of ether oxygens (including phenoxy) is 2. The van der Waals surface area contributed by atoms with Gasteiger partial charge in [-0.25, -0.2) is 4.98 Å². The fourth-order valence-corrected chi connectivity index (χ4v) is 3.28. The van der Waals surface area contributed by atoms with Gasteiger partial charge in [-0.15, -0.1) is 11.3 Å². The highest BCUT2D eigenvalue weighted by Gasteiger charge is 2.21. The van der Waals surface area contributed by atoms with Crippen LogP contribution in [0, 0.1) is 18.3 Å². The maximum absolute atomic E-state index is 9.43. The molecule has 1 aliphatic heterocycles. The summed E-state index contributed by atoms with van der Waals surface area (Å²) in [6.07, 6.45) is 2.87. The Kier molecular flexibility index (Phi) is 3.86. The van der Waals surface area contributed by atoms with Crippen molar-refractivity contribution in [2.75, 3.05) is 7.11 Å². The summed E-state index contributed by atoms with van der Waals surface area (Å²) in [5.74, 6) is 1.62. The Balaban J connectivity index is 2.06. The van der Waals surface area contributed by atoms with Crippen LogP contribution in [0.1, 0.15) is 28.8 Å². The van der Waals surface area contributed by atoms with E-state index in [0.717, 1.165) is 39.7 Å². The number of aryl methyl sites for hydroxylation is 1. The second kappa shape index (κ2) is 5.82. The molecule has 1 aliphatic rings. The Bertz CT molecular complexity index is 786. The third-order valence-corrected chi connectivity index (χ3v) is 4.51. The van der Waals surface area contributed by atoms with E-state index in [1.54, 1.807) is 7.11 Å². The lowest BCUT2D eigenvalue weighted by molar-refractivity contribution is 0.254. The van der Waals surface area contributed by atoms with Crippen molar-refractivity contribution in [1.82, 2.24) is 4.98 Å². The smallest absolute Gasteiger partial charge is 0.134 e. The van der Waals surface area contributed by atoms with Crippen molar-refractivity contribution in [2.24, 2.45) is 0 Å². The number of nitrogens with zero attached hydrogens (tertiary/aromatic N) is 2. The average Bonchev–Trinajstić information content (AvgIpc) is 3.08. The van der Waals surface area contributed by atoms with Gasteiger partial charge in [0.2, 0.25) is 0 Å². The van der Waals surface area contributed by atoms with Crippen molar-refractivity contribution in [3.63, 3.8) is 0 Å². The maximum atomic E-state index is 9.43. The minimum atomic E-state index is 0.177. The number of thiazole rings is 1. The molecule has 1 aromatic heterocycles. The van der Waals surface area contributed by atoms with Crippen molar-refractivity contribution in [2.45, 2.75) is 26.4 Å². The normalized spacial score (nSPS) is 16.8. The Morgan fingerprint density at radius 3 is 3.00 bits per heavy atom. The first kappa shape index (κ1) is 14.6. The fourth-order valence-electron chi connectivity index (χ4n) is 2.52. The number of hydrogen-bond donors (Lipinski definition) is 0. The van der Waals surface area contributed by atoms with E-state index >= 15 is 0 Å². The minimum Gasteiger partial charge on any atom is -0.496 e. The molecule has 22 heavy (non-hydrogen) atoms. The number of benzene rings is 1. The van der Waals surface area contributed by atoms with Gasteiger partial charge in [-0.05, 0) is 32.1 Å². The molecule has 0 radical (unpaired) electrons. The highest BCUT2D eigenvalue weighted by Crippen LogP contribution is 2.36. The molecule has 112 valence electrons. The molecule has 1 aromatic carbocycles. The second-order valence-electron chi connectivity index (χ2n) is 5.30. The molecule has 4 nitrogen and oxygen atoms in total. The summed E-state index contributed by atoms with van der Waals surface area (Å²) in [5, 5.41) is 12.1. The minimum absolute atomic E-state index is 0.177. The van der Waals surface area contributed by atoms with Crippen LogP contribution in [0.5, 0.6) is 11.5 Å². The lowest BCUT2D eigenvalue weighted by Crippen LogP contribution is -2.05. The molecule has 3 rings (SSSR count). The van der Waals surface area contributed by atoms with Gasteiger partial charge in [0.1, 0.15) is 28.7 Å². The van der Waals surface area contributed by atoms with E-state index in [-0.39, 0.29) is 6.10 Å². The van der Waals surface area contributed by atoms with Gasteiger partial charge < -0.3 is 9.47 Å². The van der Waals surface area contributed by atoms with Crippen LogP contribution in [0.15, 0.2) is 17.5 Å². The summed E-state index contributed by atoms with van der Waals surface area (Å²) >= 11 is 1.47. The number of fused-ring (bicyclic) bond motifs is 1. The number of allylic oxidation sites excluding steroid dienone is 1. The Morgan fingerprint density at radius 1 is 1.55 bits per heavy atom. The number of nitriles is 1. The number of methoxy groups -OCH3 is 1. The van der Waals surface area contributed by atoms with Gasteiger partial charge in [-0.3, -0.25) is 0 Å². The molecule has 2 aromatic rings. The Morgan fingerprint density at radius 2 is 2.36 bits per heavy atom. The highest BCUT2D eigenvalue weighted by atomic mass is 32.1. The third kappa shape index (κ3) is 2.70. The zero-order valence-electron chi connectivity index (χ0n) is 12.7. The molecule has 0 aliphatic carbocycles. The summed E-state index contributed by atoms with van der Waals surface area (Å²) in [6.45, 7) is 3.96. The van der Waals surface area contributed by atoms with Crippen LogP contribution in [-0.4, -0.2) is 18.2 Å². The summed E-state index contributed by atoms with van der Waals surface area (Å²) < 4.78 is 11.3. The van der Waals surface area contributed by atoms with E-state index < -0.39 is 0 Å². The van der Waals surface area contributed by atoms with Crippen molar-refractivity contribution in [3.8, 4) is 17.6 Å². The monoisotopic (exact) mass is 312 g/mol. The van der Waals surface area contributed by atoms with Crippen LogP contribution in [-0.2, 0) is 6.42 Å². The lowest BCUT2D eigenvalue weighted by Gasteiger charge is -2.08. The van der Waals surface area contributed by atoms with E-state index in [4.69, 9.17) is 9.47 Å². The molecule has 0 bridgehead atoms. The van der Waals surface area contributed by atoms with Gasteiger partial charge in [-0.2, -0.15) is 5.26 Å². The van der Waals surface area contributed by atoms with Crippen molar-refractivity contribution < 1.29 is 9.47 Å². The summed E-state index contributed by atoms with van der Waals surface area (Å²) in [5.41, 5.74) is 3.42. The molecule has 0 saturated carbocycles. The first-order chi connectivity index (χ1) is 10.6. The Labute approximate surface area is 133 Å². The molecule has 0 fully saturated rings. The molecular formula is C17H16N2O2S. The summed E-state index contributed by atoms with van der Waals surface area (Å²) in [7, 11) is 1.64. The second-order valence-corrected chi connectivity index (χ2v) is 6.16. The van der Waals surface area contributed by atoms with Gasteiger partial charge in [0.25, 0.3) is 0 Å². The fraction of sp³-hybridized carbons (Fsp3) is 0.294. The molecule has 0 saturated heterocycles. The van der Waals surface area contributed by atoms with Crippen LogP contribution in [0.4, 0.5) is 0 Å². The van der Waals surface area contributed by atoms with E-state index in [2.05, 4.69) is 11.1 Å². The zero-order chi connectivity index (χ0) is 15.7. The SMILES string of the molecule is COc1cc2c(cc1/C=C(/C#N)c1nc(C)cs1)OC(C)C2. The van der Waals surface area contributed by atoms with Crippen LogP contribution in [0.3, 0.4) is 0 Å². The van der Waals surface area contributed by atoms with E-state index in [0.29, 0.717) is 5.57 Å². The molecule has 1 unspecified atom stereocenters. The highest BCUT2D eigenvalue weighted by molar-refractivity contribution is 7.11. The number of hydrogen-bond acceptors (Lipinski definition) is 5. The zero-order valence-corrected chi connectivity index (χ0v) is 13.5. The average molecular weight is 312 g/mol. The first-order valence-corrected chi connectivity index (χ1v) is 7.90. The van der Waals surface area contributed by atoms with Crippen LogP contribution in [0.2, 0.25) is 0 Å². The van der Waals surface area contributed by atoms with Gasteiger partial charge in [0.05, 0.1) is 12.7 Å². The van der Waals surface area contributed by atoms with Crippen molar-refractivity contribution in [1.29, 1.82) is 5.26 Å². The maximum Gasteiger partial charge on any atom is 0.134 e. The van der Waals surface area contributed by atoms with Gasteiger partial charge in [0, 0.05) is 28.6 Å². The van der Waals surface area contributed by atoms with Crippen LogP contribution < -0.4 is 9.47 Å². The van der Waals surface area contributed by atoms with Gasteiger partial charge in [0.15, 0.2) is 0 Å². The predicted octanol–water partition coefficient (Wildman–Crippen LogP) is 3.85. The van der Waals surface area contributed by atoms with Crippen molar-refractivity contribution >= 4 is 23.0 Å². The molecule has 5 heteroatoms. The summed E-state index contributed by atoms with van der Waals surface area (Å²) in [4.78, 5) is 4.37. The number of aromatic nitrogens is 1. The third-order valence-electron chi connectivity index (χ3n) is 3.52. The lowest BCUT2D eigenvalue weighted by atomic mass is 10.0. The molecule has 1 atom stereocenters. The van der Waals surface area contributed by atoms with Gasteiger partial charge in [-0.1, -0.05) is 0 Å². The molecule has 2 heterocycles. The Hall–Kier alpha value is -2.32. The van der Waals surface area contributed by atoms with E-state index in [1.165, 1.54) is 11.3 Å².